The first-order chi connectivity index (χ1) is 12.5. The Morgan fingerprint density at radius 1 is 1.23 bits per heavy atom. The van der Waals surface area contributed by atoms with Crippen molar-refractivity contribution in [1.82, 2.24) is 20.1 Å². The normalized spacial score (nSPS) is 14.9. The van der Waals surface area contributed by atoms with E-state index >= 15 is 0 Å². The fourth-order valence-electron chi connectivity index (χ4n) is 3.16. The lowest BCUT2D eigenvalue weighted by atomic mass is 9.98. The predicted molar refractivity (Wildman–Crippen MR) is 98.1 cm³/mol. The SMILES string of the molecule is COc1cc(C(=O)Nc2nc(C3CCNCC3)nn2C)cc(OC)c1C. The van der Waals surface area contributed by atoms with Crippen molar-refractivity contribution >= 4 is 11.9 Å². The summed E-state index contributed by atoms with van der Waals surface area (Å²) in [6.45, 7) is 3.81. The molecule has 8 heteroatoms. The highest BCUT2D eigenvalue weighted by Gasteiger charge is 2.22. The van der Waals surface area contributed by atoms with Crippen LogP contribution >= 0.6 is 0 Å². The summed E-state index contributed by atoms with van der Waals surface area (Å²) in [6.07, 6.45) is 2.01. The third-order valence-electron chi connectivity index (χ3n) is 4.72. The zero-order valence-electron chi connectivity index (χ0n) is 15.6. The minimum absolute atomic E-state index is 0.283. The summed E-state index contributed by atoms with van der Waals surface area (Å²) in [6, 6.07) is 3.38. The third-order valence-corrected chi connectivity index (χ3v) is 4.72. The number of aryl methyl sites for hydroxylation is 1. The van der Waals surface area contributed by atoms with Crippen molar-refractivity contribution in [2.45, 2.75) is 25.7 Å². The Labute approximate surface area is 152 Å². The van der Waals surface area contributed by atoms with Gasteiger partial charge in [0.05, 0.1) is 14.2 Å². The minimum Gasteiger partial charge on any atom is -0.496 e. The number of carbonyl (C=O) groups excluding carboxylic acids is 1. The molecule has 26 heavy (non-hydrogen) atoms. The van der Waals surface area contributed by atoms with Gasteiger partial charge in [0, 0.05) is 24.1 Å². The number of amides is 1. The highest BCUT2D eigenvalue weighted by molar-refractivity contribution is 6.04. The van der Waals surface area contributed by atoms with E-state index in [1.54, 1.807) is 38.1 Å². The van der Waals surface area contributed by atoms with Crippen LogP contribution in [0, 0.1) is 6.92 Å². The largest absolute Gasteiger partial charge is 0.496 e. The number of piperidine rings is 1. The summed E-state index contributed by atoms with van der Waals surface area (Å²) >= 11 is 0. The zero-order valence-corrected chi connectivity index (χ0v) is 15.6. The summed E-state index contributed by atoms with van der Waals surface area (Å²) in [5, 5.41) is 10.6. The maximum absolute atomic E-state index is 12.7. The van der Waals surface area contributed by atoms with Gasteiger partial charge in [-0.2, -0.15) is 10.1 Å². The number of hydrogen-bond acceptors (Lipinski definition) is 6. The number of aromatic nitrogens is 3. The standard InChI is InChI=1S/C18H25N5O3/c1-11-14(25-3)9-13(10-15(11)26-4)17(24)21-18-20-16(22-23(18)2)12-5-7-19-8-6-12/h9-10,12,19H,5-8H2,1-4H3,(H,20,21,22,24). The first kappa shape index (κ1) is 18.2. The Bertz CT molecular complexity index is 771. The lowest BCUT2D eigenvalue weighted by Crippen LogP contribution is -2.27. The molecule has 3 rings (SSSR count). The molecule has 0 saturated carbocycles. The third kappa shape index (κ3) is 3.65. The lowest BCUT2D eigenvalue weighted by molar-refractivity contribution is 0.102. The molecule has 2 heterocycles. The molecule has 1 amide bonds. The Morgan fingerprint density at radius 2 is 1.85 bits per heavy atom. The van der Waals surface area contributed by atoms with Gasteiger partial charge in [-0.1, -0.05) is 0 Å². The molecule has 0 spiro atoms. The summed E-state index contributed by atoms with van der Waals surface area (Å²) in [7, 11) is 4.92. The molecule has 0 bridgehead atoms. The number of nitrogens with one attached hydrogen (secondary N) is 2. The average molecular weight is 359 g/mol. The van der Waals surface area contributed by atoms with Gasteiger partial charge < -0.3 is 14.8 Å². The fourth-order valence-corrected chi connectivity index (χ4v) is 3.16. The summed E-state index contributed by atoms with van der Waals surface area (Å²) < 4.78 is 12.3. The van der Waals surface area contributed by atoms with E-state index in [1.807, 2.05) is 6.92 Å². The quantitative estimate of drug-likeness (QED) is 0.847. The maximum atomic E-state index is 12.7. The van der Waals surface area contributed by atoms with Gasteiger partial charge in [0.1, 0.15) is 11.5 Å². The van der Waals surface area contributed by atoms with Crippen LogP contribution < -0.4 is 20.1 Å². The number of carbonyl (C=O) groups is 1. The van der Waals surface area contributed by atoms with Gasteiger partial charge in [-0.25, -0.2) is 4.68 Å². The first-order valence-electron chi connectivity index (χ1n) is 8.69. The number of methoxy groups -OCH3 is 2. The second-order valence-electron chi connectivity index (χ2n) is 6.40. The summed E-state index contributed by atoms with van der Waals surface area (Å²) in [5.74, 6) is 2.46. The van der Waals surface area contributed by atoms with E-state index in [-0.39, 0.29) is 5.91 Å². The van der Waals surface area contributed by atoms with Crippen LogP contribution in [-0.2, 0) is 7.05 Å². The van der Waals surface area contributed by atoms with E-state index in [4.69, 9.17) is 9.47 Å². The molecule has 1 aliphatic heterocycles. The van der Waals surface area contributed by atoms with Crippen molar-refractivity contribution in [2.75, 3.05) is 32.6 Å². The summed E-state index contributed by atoms with van der Waals surface area (Å²) in [4.78, 5) is 17.2. The van der Waals surface area contributed by atoms with Crippen molar-refractivity contribution < 1.29 is 14.3 Å². The maximum Gasteiger partial charge on any atom is 0.258 e. The summed E-state index contributed by atoms with van der Waals surface area (Å²) in [5.41, 5.74) is 1.29. The monoisotopic (exact) mass is 359 g/mol. The molecule has 0 aliphatic carbocycles. The molecule has 140 valence electrons. The van der Waals surface area contributed by atoms with Crippen LogP contribution in [0.3, 0.4) is 0 Å². The molecule has 0 radical (unpaired) electrons. The minimum atomic E-state index is -0.283. The molecule has 8 nitrogen and oxygen atoms in total. The van der Waals surface area contributed by atoms with Gasteiger partial charge in [0.25, 0.3) is 5.91 Å². The average Bonchev–Trinajstić information content (AvgIpc) is 3.03. The van der Waals surface area contributed by atoms with Gasteiger partial charge in [0.2, 0.25) is 5.95 Å². The van der Waals surface area contributed by atoms with Crippen LogP contribution in [0.4, 0.5) is 5.95 Å². The highest BCUT2D eigenvalue weighted by atomic mass is 16.5. The van der Waals surface area contributed by atoms with E-state index in [9.17, 15) is 4.79 Å². The molecule has 2 aromatic rings. The van der Waals surface area contributed by atoms with Crippen LogP contribution in [0.25, 0.3) is 0 Å². The van der Waals surface area contributed by atoms with E-state index in [2.05, 4.69) is 20.7 Å². The van der Waals surface area contributed by atoms with Crippen molar-refractivity contribution in [2.24, 2.45) is 7.05 Å². The topological polar surface area (TPSA) is 90.3 Å². The highest BCUT2D eigenvalue weighted by Crippen LogP contribution is 2.30. The Morgan fingerprint density at radius 3 is 2.42 bits per heavy atom. The fraction of sp³-hybridized carbons (Fsp3) is 0.500. The molecule has 1 fully saturated rings. The van der Waals surface area contributed by atoms with Crippen molar-refractivity contribution in [3.8, 4) is 11.5 Å². The van der Waals surface area contributed by atoms with Gasteiger partial charge in [0.15, 0.2) is 5.82 Å². The number of hydrogen-bond donors (Lipinski definition) is 2. The van der Waals surface area contributed by atoms with E-state index in [0.717, 1.165) is 37.3 Å². The Kier molecular flexibility index (Phi) is 5.41. The molecule has 1 saturated heterocycles. The van der Waals surface area contributed by atoms with E-state index < -0.39 is 0 Å². The van der Waals surface area contributed by atoms with Crippen LogP contribution in [0.1, 0.15) is 40.5 Å². The van der Waals surface area contributed by atoms with Crippen molar-refractivity contribution in [3.63, 3.8) is 0 Å². The number of benzene rings is 1. The Hall–Kier alpha value is -2.61. The number of ether oxygens (including phenoxy) is 2. The van der Waals surface area contributed by atoms with Crippen LogP contribution in [0.2, 0.25) is 0 Å². The molecule has 0 unspecified atom stereocenters. The molecule has 1 aromatic carbocycles. The zero-order chi connectivity index (χ0) is 18.7. The number of rotatable bonds is 5. The second kappa shape index (κ2) is 7.74. The molecular formula is C18H25N5O3. The van der Waals surface area contributed by atoms with Crippen LogP contribution in [-0.4, -0.2) is 48.0 Å². The lowest BCUT2D eigenvalue weighted by Gasteiger charge is -2.19. The van der Waals surface area contributed by atoms with E-state index in [0.29, 0.717) is 28.9 Å². The number of anilines is 1. The smallest absolute Gasteiger partial charge is 0.258 e. The number of nitrogens with zero attached hydrogens (tertiary/aromatic N) is 3. The van der Waals surface area contributed by atoms with Crippen LogP contribution in [0.5, 0.6) is 11.5 Å². The van der Waals surface area contributed by atoms with Gasteiger partial charge in [-0.3, -0.25) is 10.1 Å². The first-order valence-corrected chi connectivity index (χ1v) is 8.69. The Balaban J connectivity index is 1.81. The predicted octanol–water partition coefficient (Wildman–Crippen LogP) is 1.86. The van der Waals surface area contributed by atoms with Crippen LogP contribution in [0.15, 0.2) is 12.1 Å². The van der Waals surface area contributed by atoms with Crippen molar-refractivity contribution in [3.05, 3.63) is 29.1 Å². The van der Waals surface area contributed by atoms with Crippen molar-refractivity contribution in [1.29, 1.82) is 0 Å². The van der Waals surface area contributed by atoms with Gasteiger partial charge in [-0.05, 0) is 45.0 Å². The van der Waals surface area contributed by atoms with E-state index in [1.165, 1.54) is 0 Å². The molecular weight excluding hydrogens is 334 g/mol. The molecule has 2 N–H and O–H groups in total. The second-order valence-corrected chi connectivity index (χ2v) is 6.40. The molecule has 1 aromatic heterocycles. The molecule has 1 aliphatic rings. The van der Waals surface area contributed by atoms with Gasteiger partial charge >= 0.3 is 0 Å². The molecule has 0 atom stereocenters. The van der Waals surface area contributed by atoms with Gasteiger partial charge in [-0.15, -0.1) is 0 Å².